The number of hydrogen-bond acceptors (Lipinski definition) is 0. The van der Waals surface area contributed by atoms with Crippen LogP contribution in [-0.4, -0.2) is 0 Å². The molecule has 0 aliphatic carbocycles. The molecule has 0 aromatic heterocycles. The van der Waals surface area contributed by atoms with E-state index in [1.165, 1.54) is 11.1 Å². The van der Waals surface area contributed by atoms with Gasteiger partial charge in [-0.15, -0.1) is 0 Å². The molecule has 2 aromatic carbocycles. The summed E-state index contributed by atoms with van der Waals surface area (Å²) in [7, 11) is 0. The first-order valence-corrected chi connectivity index (χ1v) is 8.53. The molecule has 0 nitrogen and oxygen atoms in total. The molecule has 94 valence electrons. The van der Waals surface area contributed by atoms with Gasteiger partial charge < -0.3 is 0 Å². The Morgan fingerprint density at radius 3 is 1.67 bits per heavy atom. The fraction of sp³-hybridized carbons (Fsp3) is 0.143. The summed E-state index contributed by atoms with van der Waals surface area (Å²) >= 11 is 14.4. The van der Waals surface area contributed by atoms with Gasteiger partial charge in [0.2, 0.25) is 0 Å². The highest BCUT2D eigenvalue weighted by atomic mass is 79.9. The molecular formula is C14H10Br4. The molecule has 0 bridgehead atoms. The van der Waals surface area contributed by atoms with Gasteiger partial charge in [0.05, 0.1) is 0 Å². The minimum atomic E-state index is -0.228. The monoisotopic (exact) mass is 494 g/mol. The summed E-state index contributed by atoms with van der Waals surface area (Å²) in [4.78, 5) is 0. The number of rotatable bonds is 3. The first-order chi connectivity index (χ1) is 8.47. The molecule has 0 aliphatic heterocycles. The molecule has 0 saturated heterocycles. The first kappa shape index (κ1) is 14.8. The van der Waals surface area contributed by atoms with E-state index in [4.69, 9.17) is 0 Å². The van der Waals surface area contributed by atoms with Crippen LogP contribution in [-0.2, 0) is 9.65 Å². The van der Waals surface area contributed by atoms with E-state index in [0.717, 1.165) is 15.4 Å². The Hall–Kier alpha value is 0.360. The minimum absolute atomic E-state index is 0.228. The summed E-state index contributed by atoms with van der Waals surface area (Å²) in [6.45, 7) is 0. The molecule has 2 aromatic rings. The lowest BCUT2D eigenvalue weighted by Crippen LogP contribution is -2.12. The van der Waals surface area contributed by atoms with Gasteiger partial charge in [0, 0.05) is 15.4 Å². The molecule has 0 fully saturated rings. The molecule has 0 saturated carbocycles. The standard InChI is InChI=1S/C14H10Br4/c15-12-5-1-10(2-6-12)9-14(17,18)11-3-7-13(16)8-4-11/h1-8H,9H2. The predicted molar refractivity (Wildman–Crippen MR) is 91.5 cm³/mol. The van der Waals surface area contributed by atoms with Crippen LogP contribution in [0, 0.1) is 0 Å². The number of benzene rings is 2. The van der Waals surface area contributed by atoms with Crippen molar-refractivity contribution in [2.24, 2.45) is 0 Å². The Bertz CT molecular complexity index is 514. The zero-order valence-corrected chi connectivity index (χ0v) is 15.7. The Morgan fingerprint density at radius 1 is 0.722 bits per heavy atom. The predicted octanol–water partition coefficient (Wildman–Crippen LogP) is 6.40. The van der Waals surface area contributed by atoms with E-state index < -0.39 is 0 Å². The Labute approximate surface area is 141 Å². The van der Waals surface area contributed by atoms with Crippen molar-refractivity contribution < 1.29 is 0 Å². The Kier molecular flexibility index (Phi) is 5.09. The van der Waals surface area contributed by atoms with Gasteiger partial charge in [-0.1, -0.05) is 88.0 Å². The van der Waals surface area contributed by atoms with Gasteiger partial charge in [0.1, 0.15) is 3.23 Å². The molecule has 0 unspecified atom stereocenters. The quantitative estimate of drug-likeness (QED) is 0.431. The molecule has 0 amide bonds. The van der Waals surface area contributed by atoms with Crippen molar-refractivity contribution in [1.29, 1.82) is 0 Å². The second-order valence-electron chi connectivity index (χ2n) is 4.01. The lowest BCUT2D eigenvalue weighted by atomic mass is 10.0. The van der Waals surface area contributed by atoms with Gasteiger partial charge in [0.25, 0.3) is 0 Å². The van der Waals surface area contributed by atoms with Crippen molar-refractivity contribution in [3.8, 4) is 0 Å². The van der Waals surface area contributed by atoms with E-state index >= 15 is 0 Å². The number of alkyl halides is 2. The number of halogens is 4. The minimum Gasteiger partial charge on any atom is -0.0671 e. The van der Waals surface area contributed by atoms with Gasteiger partial charge in [0.15, 0.2) is 0 Å². The van der Waals surface area contributed by atoms with Crippen LogP contribution in [0.4, 0.5) is 0 Å². The molecule has 0 spiro atoms. The normalized spacial score (nSPS) is 11.6. The van der Waals surface area contributed by atoms with Crippen LogP contribution >= 0.6 is 63.7 Å². The average molecular weight is 498 g/mol. The largest absolute Gasteiger partial charge is 0.109 e. The van der Waals surface area contributed by atoms with Crippen LogP contribution in [0.2, 0.25) is 0 Å². The average Bonchev–Trinajstić information content (AvgIpc) is 2.32. The van der Waals surface area contributed by atoms with Crippen LogP contribution in [0.1, 0.15) is 11.1 Å². The zero-order valence-electron chi connectivity index (χ0n) is 9.34. The van der Waals surface area contributed by atoms with Crippen LogP contribution in [0.3, 0.4) is 0 Å². The van der Waals surface area contributed by atoms with Gasteiger partial charge in [-0.3, -0.25) is 0 Å². The summed E-state index contributed by atoms with van der Waals surface area (Å²) in [6, 6.07) is 16.7. The summed E-state index contributed by atoms with van der Waals surface area (Å²) in [5, 5.41) is 0. The topological polar surface area (TPSA) is 0 Å². The van der Waals surface area contributed by atoms with Crippen molar-refractivity contribution in [1.82, 2.24) is 0 Å². The molecule has 4 heteroatoms. The molecular weight excluding hydrogens is 488 g/mol. The maximum absolute atomic E-state index is 3.76. The van der Waals surface area contributed by atoms with Crippen molar-refractivity contribution >= 4 is 63.7 Å². The van der Waals surface area contributed by atoms with Gasteiger partial charge in [-0.05, 0) is 35.4 Å². The van der Waals surface area contributed by atoms with Crippen molar-refractivity contribution in [3.05, 3.63) is 68.6 Å². The highest BCUT2D eigenvalue weighted by molar-refractivity contribution is 9.24. The van der Waals surface area contributed by atoms with Crippen molar-refractivity contribution in [2.45, 2.75) is 9.65 Å². The summed E-state index contributed by atoms with van der Waals surface area (Å²) < 4.78 is 1.96. The van der Waals surface area contributed by atoms with Crippen LogP contribution in [0.25, 0.3) is 0 Å². The maximum Gasteiger partial charge on any atom is 0.109 e. The van der Waals surface area contributed by atoms with Crippen LogP contribution in [0.5, 0.6) is 0 Å². The third-order valence-electron chi connectivity index (χ3n) is 2.61. The van der Waals surface area contributed by atoms with E-state index in [1.54, 1.807) is 0 Å². The molecule has 2 rings (SSSR count). The van der Waals surface area contributed by atoms with E-state index in [2.05, 4.69) is 100 Å². The fourth-order valence-corrected chi connectivity index (χ4v) is 3.36. The third kappa shape index (κ3) is 3.92. The number of hydrogen-bond donors (Lipinski definition) is 0. The molecule has 0 atom stereocenters. The lowest BCUT2D eigenvalue weighted by molar-refractivity contribution is 0.898. The van der Waals surface area contributed by atoms with E-state index in [9.17, 15) is 0 Å². The Morgan fingerprint density at radius 2 is 1.17 bits per heavy atom. The smallest absolute Gasteiger partial charge is 0.0671 e. The van der Waals surface area contributed by atoms with E-state index in [-0.39, 0.29) is 3.23 Å². The van der Waals surface area contributed by atoms with Gasteiger partial charge >= 0.3 is 0 Å². The summed E-state index contributed by atoms with van der Waals surface area (Å²) in [6.07, 6.45) is 0.877. The van der Waals surface area contributed by atoms with Crippen molar-refractivity contribution in [3.63, 3.8) is 0 Å². The van der Waals surface area contributed by atoms with E-state index in [0.29, 0.717) is 0 Å². The van der Waals surface area contributed by atoms with Gasteiger partial charge in [-0.25, -0.2) is 0 Å². The molecule has 18 heavy (non-hydrogen) atoms. The second-order valence-corrected chi connectivity index (χ2v) is 9.62. The van der Waals surface area contributed by atoms with Crippen molar-refractivity contribution in [2.75, 3.05) is 0 Å². The van der Waals surface area contributed by atoms with Crippen LogP contribution < -0.4 is 0 Å². The fourth-order valence-electron chi connectivity index (χ4n) is 1.65. The van der Waals surface area contributed by atoms with Gasteiger partial charge in [-0.2, -0.15) is 0 Å². The molecule has 0 N–H and O–H groups in total. The third-order valence-corrected chi connectivity index (χ3v) is 5.14. The molecule has 0 radical (unpaired) electrons. The molecule has 0 heterocycles. The molecule has 0 aliphatic rings. The van der Waals surface area contributed by atoms with E-state index in [1.807, 2.05) is 12.1 Å². The SMILES string of the molecule is Brc1ccc(CC(Br)(Br)c2ccc(Br)cc2)cc1. The zero-order chi connectivity index (χ0) is 13.2. The second kappa shape index (κ2) is 6.21. The first-order valence-electron chi connectivity index (χ1n) is 5.36. The highest BCUT2D eigenvalue weighted by Crippen LogP contribution is 2.41. The maximum atomic E-state index is 3.76. The van der Waals surface area contributed by atoms with Crippen LogP contribution in [0.15, 0.2) is 57.5 Å². The summed E-state index contributed by atoms with van der Waals surface area (Å²) in [5.74, 6) is 0. The highest BCUT2D eigenvalue weighted by Gasteiger charge is 2.25. The lowest BCUT2D eigenvalue weighted by Gasteiger charge is -2.21. The summed E-state index contributed by atoms with van der Waals surface area (Å²) in [5.41, 5.74) is 2.48. The Balaban J connectivity index is 2.20.